The second-order valence-electron chi connectivity index (χ2n) is 8.10. The van der Waals surface area contributed by atoms with Crippen LogP contribution in [0.4, 0.5) is 13.2 Å². The predicted molar refractivity (Wildman–Crippen MR) is 122 cm³/mol. The van der Waals surface area contributed by atoms with Crippen molar-refractivity contribution < 1.29 is 23.1 Å². The molecule has 2 heterocycles. The number of halogens is 3. The molecule has 0 spiro atoms. The first-order valence-corrected chi connectivity index (χ1v) is 11.3. The number of hydrogen-bond donors (Lipinski definition) is 1. The number of allylic oxidation sites excluding steroid dienone is 1. The highest BCUT2D eigenvalue weighted by atomic mass is 32.1. The monoisotopic (exact) mass is 470 g/mol. The lowest BCUT2D eigenvalue weighted by Crippen LogP contribution is -2.09. The Bertz CT molecular complexity index is 1310. The number of nitriles is 1. The molecule has 1 aromatic carbocycles. The highest BCUT2D eigenvalue weighted by molar-refractivity contribution is 7.15. The molecule has 0 saturated carbocycles. The van der Waals surface area contributed by atoms with Gasteiger partial charge in [-0.2, -0.15) is 18.4 Å². The summed E-state index contributed by atoms with van der Waals surface area (Å²) in [6, 6.07) is 8.42. The van der Waals surface area contributed by atoms with E-state index >= 15 is 0 Å². The Morgan fingerprint density at radius 1 is 1.18 bits per heavy atom. The van der Waals surface area contributed by atoms with Crippen molar-refractivity contribution in [3.8, 4) is 11.1 Å². The lowest BCUT2D eigenvalue weighted by Gasteiger charge is -2.11. The van der Waals surface area contributed by atoms with E-state index in [1.54, 1.807) is 6.08 Å². The van der Waals surface area contributed by atoms with Gasteiger partial charge in [0.15, 0.2) is 0 Å². The van der Waals surface area contributed by atoms with Gasteiger partial charge in [0.05, 0.1) is 22.8 Å². The summed E-state index contributed by atoms with van der Waals surface area (Å²) in [6.07, 6.45) is 0.837. The number of aryl methyl sites for hydroxylation is 2. The first-order chi connectivity index (χ1) is 15.6. The van der Waals surface area contributed by atoms with Crippen LogP contribution < -0.4 is 0 Å². The van der Waals surface area contributed by atoms with E-state index in [0.29, 0.717) is 21.7 Å². The molecule has 0 aliphatic heterocycles. The summed E-state index contributed by atoms with van der Waals surface area (Å²) in [5, 5.41) is 20.3. The molecule has 4 rings (SSSR count). The molecule has 0 saturated heterocycles. The van der Waals surface area contributed by atoms with Crippen molar-refractivity contribution in [2.24, 2.45) is 0 Å². The molecule has 3 aromatic rings. The lowest BCUT2D eigenvalue weighted by atomic mass is 9.95. The van der Waals surface area contributed by atoms with Crippen LogP contribution in [0, 0.1) is 25.2 Å². The predicted octanol–water partition coefficient (Wildman–Crippen LogP) is 6.82. The zero-order chi connectivity index (χ0) is 23.9. The van der Waals surface area contributed by atoms with Crippen molar-refractivity contribution in [3.63, 3.8) is 0 Å². The minimum absolute atomic E-state index is 0.230. The standard InChI is InChI=1S/C25H21F3N2O2S/c1-14-11-17(12-18(13-29)16-7-9-19(10-8-16)25(26,27)28)15(2)30(14)23-22(24(31)32)20-5-3-4-6-21(20)33-23/h7-12H,3-6H2,1-2H3,(H,31,32). The van der Waals surface area contributed by atoms with Gasteiger partial charge in [-0.1, -0.05) is 12.1 Å². The maximum Gasteiger partial charge on any atom is 0.416 e. The van der Waals surface area contributed by atoms with Crippen molar-refractivity contribution in [3.05, 3.63) is 74.4 Å². The van der Waals surface area contributed by atoms with Gasteiger partial charge in [0.2, 0.25) is 0 Å². The van der Waals surface area contributed by atoms with Crippen LogP contribution in [0.1, 0.15) is 61.7 Å². The van der Waals surface area contributed by atoms with E-state index in [2.05, 4.69) is 6.07 Å². The Morgan fingerprint density at radius 3 is 2.45 bits per heavy atom. The SMILES string of the molecule is Cc1cc(C=C(C#N)c2ccc(C(F)(F)F)cc2)c(C)n1-c1sc2c(c1C(=O)O)CCCC2. The summed E-state index contributed by atoms with van der Waals surface area (Å²) in [5.41, 5.74) is 3.41. The Labute approximate surface area is 193 Å². The fraction of sp³-hybridized carbons (Fsp3) is 0.280. The summed E-state index contributed by atoms with van der Waals surface area (Å²) in [5.74, 6) is -0.948. The van der Waals surface area contributed by atoms with Crippen molar-refractivity contribution in [1.82, 2.24) is 4.57 Å². The van der Waals surface area contributed by atoms with Gasteiger partial charge in [0.25, 0.3) is 0 Å². The van der Waals surface area contributed by atoms with E-state index in [1.807, 2.05) is 24.5 Å². The molecule has 0 unspecified atom stereocenters. The Balaban J connectivity index is 1.79. The largest absolute Gasteiger partial charge is 0.478 e. The molecule has 1 N–H and O–H groups in total. The minimum atomic E-state index is -4.44. The molecular weight excluding hydrogens is 449 g/mol. The van der Waals surface area contributed by atoms with Crippen molar-refractivity contribution in [2.45, 2.75) is 45.7 Å². The maximum absolute atomic E-state index is 12.9. The second-order valence-corrected chi connectivity index (χ2v) is 9.19. The number of rotatable bonds is 4. The Kier molecular flexibility index (Phi) is 5.93. The van der Waals surface area contributed by atoms with Gasteiger partial charge < -0.3 is 9.67 Å². The van der Waals surface area contributed by atoms with E-state index in [4.69, 9.17) is 0 Å². The first kappa shape index (κ1) is 22.9. The molecule has 1 aliphatic rings. The molecule has 4 nitrogen and oxygen atoms in total. The van der Waals surface area contributed by atoms with Gasteiger partial charge in [-0.25, -0.2) is 4.79 Å². The summed E-state index contributed by atoms with van der Waals surface area (Å²) in [7, 11) is 0. The van der Waals surface area contributed by atoms with Gasteiger partial charge >= 0.3 is 12.1 Å². The maximum atomic E-state index is 12.9. The van der Waals surface area contributed by atoms with E-state index < -0.39 is 17.7 Å². The smallest absolute Gasteiger partial charge is 0.416 e. The average molecular weight is 471 g/mol. The quantitative estimate of drug-likeness (QED) is 0.426. The number of aromatic carboxylic acids is 1. The van der Waals surface area contributed by atoms with Crippen LogP contribution in [0.2, 0.25) is 0 Å². The van der Waals surface area contributed by atoms with Crippen LogP contribution in [0.25, 0.3) is 16.7 Å². The summed E-state index contributed by atoms with van der Waals surface area (Å²) >= 11 is 1.50. The Morgan fingerprint density at radius 2 is 1.85 bits per heavy atom. The van der Waals surface area contributed by atoms with Gasteiger partial charge in [-0.05, 0) is 80.5 Å². The number of fused-ring (bicyclic) bond motifs is 1. The highest BCUT2D eigenvalue weighted by Crippen LogP contribution is 2.39. The topological polar surface area (TPSA) is 66.0 Å². The molecule has 0 radical (unpaired) electrons. The molecule has 0 fully saturated rings. The third kappa shape index (κ3) is 4.21. The van der Waals surface area contributed by atoms with Crippen LogP contribution in [-0.4, -0.2) is 15.6 Å². The average Bonchev–Trinajstić information content (AvgIpc) is 3.27. The second kappa shape index (κ2) is 8.56. The zero-order valence-corrected chi connectivity index (χ0v) is 18.9. The van der Waals surface area contributed by atoms with Crippen molar-refractivity contribution in [2.75, 3.05) is 0 Å². The number of alkyl halides is 3. The Hall–Kier alpha value is -3.31. The third-order valence-corrected chi connectivity index (χ3v) is 7.26. The molecule has 2 aromatic heterocycles. The minimum Gasteiger partial charge on any atom is -0.478 e. The van der Waals surface area contributed by atoms with Crippen LogP contribution >= 0.6 is 11.3 Å². The number of benzene rings is 1. The summed E-state index contributed by atoms with van der Waals surface area (Å²) in [4.78, 5) is 13.2. The molecule has 170 valence electrons. The normalized spacial score (nSPS) is 14.1. The molecule has 1 aliphatic carbocycles. The number of hydrogen-bond acceptors (Lipinski definition) is 3. The van der Waals surface area contributed by atoms with E-state index in [0.717, 1.165) is 59.6 Å². The molecular formula is C25H21F3N2O2S. The number of carbonyl (C=O) groups is 1. The number of aromatic nitrogens is 1. The lowest BCUT2D eigenvalue weighted by molar-refractivity contribution is -0.137. The van der Waals surface area contributed by atoms with Crippen LogP contribution in [0.15, 0.2) is 30.3 Å². The van der Waals surface area contributed by atoms with E-state index in [1.165, 1.54) is 23.5 Å². The summed E-state index contributed by atoms with van der Waals surface area (Å²) < 4.78 is 40.5. The highest BCUT2D eigenvalue weighted by Gasteiger charge is 2.30. The molecule has 0 bridgehead atoms. The number of thiophene rings is 1. The molecule has 0 amide bonds. The molecule has 33 heavy (non-hydrogen) atoms. The molecule has 8 heteroatoms. The number of nitrogens with zero attached hydrogens (tertiary/aromatic N) is 2. The van der Waals surface area contributed by atoms with E-state index in [9.17, 15) is 28.3 Å². The van der Waals surface area contributed by atoms with Crippen LogP contribution in [-0.2, 0) is 19.0 Å². The summed E-state index contributed by atoms with van der Waals surface area (Å²) in [6.45, 7) is 3.73. The third-order valence-electron chi connectivity index (χ3n) is 5.98. The van der Waals surface area contributed by atoms with Gasteiger partial charge in [-0.3, -0.25) is 0 Å². The van der Waals surface area contributed by atoms with Crippen molar-refractivity contribution in [1.29, 1.82) is 5.26 Å². The fourth-order valence-corrected chi connectivity index (χ4v) is 5.84. The van der Waals surface area contributed by atoms with Crippen LogP contribution in [0.5, 0.6) is 0 Å². The fourth-order valence-electron chi connectivity index (χ4n) is 4.35. The van der Waals surface area contributed by atoms with E-state index in [-0.39, 0.29) is 5.57 Å². The number of carboxylic acids is 1. The molecule has 0 atom stereocenters. The van der Waals surface area contributed by atoms with Crippen molar-refractivity contribution >= 4 is 29.0 Å². The van der Waals surface area contributed by atoms with Gasteiger partial charge in [0, 0.05) is 16.3 Å². The first-order valence-electron chi connectivity index (χ1n) is 10.5. The van der Waals surface area contributed by atoms with Gasteiger partial charge in [0.1, 0.15) is 5.00 Å². The van der Waals surface area contributed by atoms with Gasteiger partial charge in [-0.15, -0.1) is 11.3 Å². The number of carboxylic acid groups (broad SMARTS) is 1. The van der Waals surface area contributed by atoms with Crippen LogP contribution in [0.3, 0.4) is 0 Å². The zero-order valence-electron chi connectivity index (χ0n) is 18.1.